The molecule has 8 heteroatoms. The third-order valence-corrected chi connectivity index (χ3v) is 5.98. The zero-order valence-corrected chi connectivity index (χ0v) is 18.6. The molecular weight excluding hydrogens is 401 g/mol. The summed E-state index contributed by atoms with van der Waals surface area (Å²) in [6, 6.07) is 6.22. The Balaban J connectivity index is 2.33. The summed E-state index contributed by atoms with van der Waals surface area (Å²) in [5.74, 6) is 0.491. The van der Waals surface area contributed by atoms with Crippen LogP contribution in [0.4, 0.5) is 10.2 Å². The molecule has 0 aliphatic carbocycles. The maximum Gasteiger partial charge on any atom is 0.182 e. The van der Waals surface area contributed by atoms with E-state index in [4.69, 9.17) is 16.3 Å². The van der Waals surface area contributed by atoms with Crippen LogP contribution in [0.5, 0.6) is 11.5 Å². The van der Waals surface area contributed by atoms with Gasteiger partial charge >= 0.3 is 0 Å². The van der Waals surface area contributed by atoms with Gasteiger partial charge in [0, 0.05) is 25.7 Å². The van der Waals surface area contributed by atoms with Gasteiger partial charge < -0.3 is 9.64 Å². The van der Waals surface area contributed by atoms with Crippen molar-refractivity contribution in [3.05, 3.63) is 46.9 Å². The molecule has 0 aliphatic heterocycles. The SMILES string of the molecule is CC[C@@H](N[S@](=O)C(C)(C)C)c1ccc(Cl)c(Oc2ccc(N(C)C)nc2)c1F. The number of benzene rings is 1. The Morgan fingerprint density at radius 1 is 1.29 bits per heavy atom. The zero-order valence-electron chi connectivity index (χ0n) is 17.0. The molecule has 1 heterocycles. The van der Waals surface area contributed by atoms with Gasteiger partial charge in [-0.1, -0.05) is 24.6 Å². The van der Waals surface area contributed by atoms with E-state index in [0.29, 0.717) is 17.7 Å². The largest absolute Gasteiger partial charge is 0.451 e. The predicted molar refractivity (Wildman–Crippen MR) is 114 cm³/mol. The molecule has 1 aromatic heterocycles. The summed E-state index contributed by atoms with van der Waals surface area (Å²) in [7, 11) is 2.42. The zero-order chi connectivity index (χ0) is 21.1. The minimum absolute atomic E-state index is 0.0691. The number of nitrogens with zero attached hydrogens (tertiary/aromatic N) is 2. The Labute approximate surface area is 173 Å². The maximum atomic E-state index is 15.2. The van der Waals surface area contributed by atoms with Crippen molar-refractivity contribution in [1.29, 1.82) is 0 Å². The number of hydrogen-bond donors (Lipinski definition) is 1. The fourth-order valence-corrected chi connectivity index (χ4v) is 3.49. The lowest BCUT2D eigenvalue weighted by Gasteiger charge is -2.24. The maximum absolute atomic E-state index is 15.2. The smallest absolute Gasteiger partial charge is 0.182 e. The van der Waals surface area contributed by atoms with Crippen molar-refractivity contribution in [3.8, 4) is 11.5 Å². The van der Waals surface area contributed by atoms with Crippen molar-refractivity contribution < 1.29 is 13.3 Å². The van der Waals surface area contributed by atoms with Crippen molar-refractivity contribution >= 4 is 28.4 Å². The average molecular weight is 428 g/mol. The van der Waals surface area contributed by atoms with Gasteiger partial charge in [0.2, 0.25) is 0 Å². The summed E-state index contributed by atoms with van der Waals surface area (Å²) in [4.78, 5) is 6.11. The number of rotatable bonds is 7. The number of halogens is 2. The van der Waals surface area contributed by atoms with E-state index >= 15 is 4.39 Å². The topological polar surface area (TPSA) is 54.5 Å². The van der Waals surface area contributed by atoms with E-state index in [2.05, 4.69) is 9.71 Å². The first kappa shape index (κ1) is 22.6. The van der Waals surface area contributed by atoms with Gasteiger partial charge in [-0.2, -0.15) is 0 Å². The van der Waals surface area contributed by atoms with Gasteiger partial charge in [0.1, 0.15) is 11.6 Å². The summed E-state index contributed by atoms with van der Waals surface area (Å²) >= 11 is 6.19. The van der Waals surface area contributed by atoms with Crippen molar-refractivity contribution in [2.75, 3.05) is 19.0 Å². The lowest BCUT2D eigenvalue weighted by atomic mass is 10.0. The fraction of sp³-hybridized carbons (Fsp3) is 0.450. The van der Waals surface area contributed by atoms with Crippen LogP contribution in [-0.2, 0) is 11.0 Å². The normalized spacial score (nSPS) is 13.9. The van der Waals surface area contributed by atoms with Gasteiger partial charge in [-0.05, 0) is 45.4 Å². The Kier molecular flexibility index (Phi) is 7.42. The van der Waals surface area contributed by atoms with E-state index in [0.717, 1.165) is 5.82 Å². The molecule has 0 saturated carbocycles. The van der Waals surface area contributed by atoms with E-state index in [1.807, 2.05) is 46.7 Å². The number of nitrogens with one attached hydrogen (secondary N) is 1. The lowest BCUT2D eigenvalue weighted by Crippen LogP contribution is -2.35. The van der Waals surface area contributed by atoms with Crippen LogP contribution in [0.3, 0.4) is 0 Å². The van der Waals surface area contributed by atoms with Crippen LogP contribution in [0.15, 0.2) is 30.5 Å². The van der Waals surface area contributed by atoms with Gasteiger partial charge in [-0.3, -0.25) is 0 Å². The number of pyridine rings is 1. The van der Waals surface area contributed by atoms with Gasteiger partial charge in [-0.15, -0.1) is 0 Å². The number of aromatic nitrogens is 1. The van der Waals surface area contributed by atoms with Crippen LogP contribution in [0.1, 0.15) is 45.7 Å². The summed E-state index contributed by atoms with van der Waals surface area (Å²) in [5, 5.41) is 0.157. The second-order valence-corrected chi connectivity index (χ2v) is 9.99. The van der Waals surface area contributed by atoms with Crippen molar-refractivity contribution in [1.82, 2.24) is 9.71 Å². The highest BCUT2D eigenvalue weighted by Gasteiger charge is 2.26. The molecule has 0 amide bonds. The van der Waals surface area contributed by atoms with E-state index in [9.17, 15) is 4.21 Å². The molecule has 0 radical (unpaired) electrons. The molecule has 1 aromatic carbocycles. The predicted octanol–water partition coefficient (Wildman–Crippen LogP) is 5.24. The monoisotopic (exact) mass is 427 g/mol. The summed E-state index contributed by atoms with van der Waals surface area (Å²) < 4.78 is 35.9. The van der Waals surface area contributed by atoms with Crippen LogP contribution < -0.4 is 14.4 Å². The molecule has 2 aromatic rings. The minimum Gasteiger partial charge on any atom is -0.451 e. The Morgan fingerprint density at radius 2 is 1.96 bits per heavy atom. The highest BCUT2D eigenvalue weighted by molar-refractivity contribution is 7.84. The highest BCUT2D eigenvalue weighted by Crippen LogP contribution is 2.37. The molecule has 0 saturated heterocycles. The second-order valence-electron chi connectivity index (χ2n) is 7.59. The van der Waals surface area contributed by atoms with E-state index in [1.54, 1.807) is 24.3 Å². The Hall–Kier alpha value is -1.70. The Bertz CT molecular complexity index is 839. The molecule has 0 fully saturated rings. The minimum atomic E-state index is -1.34. The molecule has 2 rings (SSSR count). The Morgan fingerprint density at radius 3 is 2.46 bits per heavy atom. The summed E-state index contributed by atoms with van der Waals surface area (Å²) in [6.07, 6.45) is 2.07. The molecule has 1 N–H and O–H groups in total. The van der Waals surface area contributed by atoms with Crippen LogP contribution in [0, 0.1) is 5.82 Å². The molecule has 0 aliphatic rings. The van der Waals surface area contributed by atoms with Crippen molar-refractivity contribution in [2.24, 2.45) is 0 Å². The van der Waals surface area contributed by atoms with Gasteiger partial charge in [0.15, 0.2) is 11.6 Å². The number of hydrogen-bond acceptors (Lipinski definition) is 4. The fourth-order valence-electron chi connectivity index (χ4n) is 2.40. The number of ether oxygens (including phenoxy) is 1. The summed E-state index contributed by atoms with van der Waals surface area (Å²) in [5.41, 5.74) is 0.359. The van der Waals surface area contributed by atoms with Crippen LogP contribution in [0.2, 0.25) is 5.02 Å². The molecule has 154 valence electrons. The molecule has 0 unspecified atom stereocenters. The van der Waals surface area contributed by atoms with E-state index in [-0.39, 0.29) is 10.8 Å². The first-order valence-electron chi connectivity index (χ1n) is 9.01. The first-order valence-corrected chi connectivity index (χ1v) is 10.5. The molecule has 5 nitrogen and oxygen atoms in total. The quantitative estimate of drug-likeness (QED) is 0.656. The average Bonchev–Trinajstić information content (AvgIpc) is 2.63. The molecule has 0 spiro atoms. The molecule has 0 bridgehead atoms. The van der Waals surface area contributed by atoms with E-state index < -0.39 is 27.6 Å². The van der Waals surface area contributed by atoms with Gasteiger partial charge in [0.25, 0.3) is 0 Å². The van der Waals surface area contributed by atoms with Gasteiger partial charge in [-0.25, -0.2) is 18.3 Å². The third kappa shape index (κ3) is 5.43. The number of anilines is 1. The van der Waals surface area contributed by atoms with Crippen molar-refractivity contribution in [3.63, 3.8) is 0 Å². The standard InChI is InChI=1S/C20H27ClFN3O2S/c1-7-16(24-28(26)20(2,3)4)14-9-10-15(21)19(18(14)22)27-13-8-11-17(23-12-13)25(5)6/h8-12,16,24H,7H2,1-6H3/t16-,28-/m1/s1. The van der Waals surface area contributed by atoms with Crippen LogP contribution in [0.25, 0.3) is 0 Å². The highest BCUT2D eigenvalue weighted by atomic mass is 35.5. The molecule has 28 heavy (non-hydrogen) atoms. The van der Waals surface area contributed by atoms with Crippen molar-refractivity contribution in [2.45, 2.75) is 44.9 Å². The van der Waals surface area contributed by atoms with Crippen LogP contribution >= 0.6 is 11.6 Å². The second kappa shape index (κ2) is 9.20. The first-order chi connectivity index (χ1) is 13.0. The molecular formula is C20H27ClFN3O2S. The third-order valence-electron chi connectivity index (χ3n) is 4.07. The lowest BCUT2D eigenvalue weighted by molar-refractivity contribution is 0.431. The van der Waals surface area contributed by atoms with E-state index in [1.165, 1.54) is 6.20 Å². The summed E-state index contributed by atoms with van der Waals surface area (Å²) in [6.45, 7) is 7.48. The molecule has 2 atom stereocenters. The van der Waals surface area contributed by atoms with Crippen LogP contribution in [-0.4, -0.2) is 28.0 Å². The van der Waals surface area contributed by atoms with Gasteiger partial charge in [0.05, 0.1) is 27.0 Å².